The molecule has 78 valence electrons. The molecule has 0 bridgehead atoms. The van der Waals surface area contributed by atoms with Crippen LogP contribution in [0.1, 0.15) is 0 Å². The molecule has 0 saturated heterocycles. The van der Waals surface area contributed by atoms with E-state index in [1.807, 2.05) is 42.5 Å². The normalized spacial score (nSPS) is 11.1. The number of benzene rings is 3. The van der Waals surface area contributed by atoms with Crippen molar-refractivity contribution in [3.8, 4) is 0 Å². The van der Waals surface area contributed by atoms with Crippen LogP contribution < -0.4 is 0 Å². The fraction of sp³-hybridized carbons (Fsp3) is 0. The van der Waals surface area contributed by atoms with Crippen LogP contribution in [0.4, 0.5) is 0 Å². The lowest BCUT2D eigenvalue weighted by Crippen LogP contribution is -1.80. The van der Waals surface area contributed by atoms with Crippen molar-refractivity contribution in [3.63, 3.8) is 0 Å². The third kappa shape index (κ3) is 1.38. The zero-order valence-electron chi connectivity index (χ0n) is 8.37. The third-order valence-electron chi connectivity index (χ3n) is 2.78. The van der Waals surface area contributed by atoms with Gasteiger partial charge in [-0.25, -0.2) is 0 Å². The molecule has 0 fully saturated rings. The average Bonchev–Trinajstić information content (AvgIpc) is 2.30. The van der Waals surface area contributed by atoms with Crippen molar-refractivity contribution in [1.82, 2.24) is 0 Å². The van der Waals surface area contributed by atoms with Crippen molar-refractivity contribution in [2.75, 3.05) is 0 Å². The van der Waals surface area contributed by atoms with Gasteiger partial charge in [0.2, 0.25) is 0 Å². The van der Waals surface area contributed by atoms with Crippen molar-refractivity contribution in [1.29, 1.82) is 0 Å². The van der Waals surface area contributed by atoms with E-state index in [1.54, 1.807) is 0 Å². The van der Waals surface area contributed by atoms with Gasteiger partial charge in [-0.2, -0.15) is 0 Å². The Morgan fingerprint density at radius 3 is 2.31 bits per heavy atom. The largest absolute Gasteiger partial charge is 0.0836 e. The minimum Gasteiger partial charge on any atom is -0.0836 e. The summed E-state index contributed by atoms with van der Waals surface area (Å²) in [4.78, 5) is 0. The molecule has 0 aliphatic carbocycles. The van der Waals surface area contributed by atoms with E-state index in [1.165, 1.54) is 0 Å². The Bertz CT molecular complexity index is 687. The fourth-order valence-corrected chi connectivity index (χ4v) is 2.61. The van der Waals surface area contributed by atoms with Crippen molar-refractivity contribution in [2.45, 2.75) is 0 Å². The topological polar surface area (TPSA) is 0 Å². The van der Waals surface area contributed by atoms with Crippen LogP contribution in [0.3, 0.4) is 0 Å². The molecule has 0 aromatic heterocycles. The Morgan fingerprint density at radius 2 is 1.44 bits per heavy atom. The van der Waals surface area contributed by atoms with Gasteiger partial charge in [-0.3, -0.25) is 0 Å². The Balaban J connectivity index is 2.67. The summed E-state index contributed by atoms with van der Waals surface area (Å²) in [6.07, 6.45) is 0. The van der Waals surface area contributed by atoms with E-state index in [0.29, 0.717) is 0 Å². The number of halogens is 2. The molecule has 0 heterocycles. The maximum absolute atomic E-state index is 6.25. The van der Waals surface area contributed by atoms with Gasteiger partial charge in [0.15, 0.2) is 0 Å². The molecule has 0 nitrogen and oxygen atoms in total. The standard InChI is InChI=1S/C14H8Cl2/c15-12-7-3-6-11-13(16)8-9-4-1-2-5-10(9)14(11)12/h1-8H. The van der Waals surface area contributed by atoms with E-state index in [9.17, 15) is 0 Å². The van der Waals surface area contributed by atoms with Crippen LogP contribution in [-0.4, -0.2) is 0 Å². The first-order valence-electron chi connectivity index (χ1n) is 5.03. The van der Waals surface area contributed by atoms with Crippen LogP contribution >= 0.6 is 23.2 Å². The maximum atomic E-state index is 6.25. The quantitative estimate of drug-likeness (QED) is 0.473. The summed E-state index contributed by atoms with van der Waals surface area (Å²) in [6, 6.07) is 15.9. The zero-order valence-corrected chi connectivity index (χ0v) is 9.89. The fourth-order valence-electron chi connectivity index (χ4n) is 2.06. The van der Waals surface area contributed by atoms with Gasteiger partial charge >= 0.3 is 0 Å². The van der Waals surface area contributed by atoms with Crippen LogP contribution in [-0.2, 0) is 0 Å². The van der Waals surface area contributed by atoms with Gasteiger partial charge in [0, 0.05) is 20.8 Å². The molecule has 0 unspecified atom stereocenters. The summed E-state index contributed by atoms with van der Waals surface area (Å²) < 4.78 is 0. The summed E-state index contributed by atoms with van der Waals surface area (Å²) >= 11 is 12.5. The molecule has 0 amide bonds. The Kier molecular flexibility index (Phi) is 2.27. The predicted octanol–water partition coefficient (Wildman–Crippen LogP) is 5.30. The number of fused-ring (bicyclic) bond motifs is 3. The second-order valence-corrected chi connectivity index (χ2v) is 4.56. The first-order chi connectivity index (χ1) is 7.77. The molecule has 0 N–H and O–H groups in total. The summed E-state index contributed by atoms with van der Waals surface area (Å²) in [7, 11) is 0. The molecule has 2 heteroatoms. The van der Waals surface area contributed by atoms with Crippen LogP contribution in [0.5, 0.6) is 0 Å². The predicted molar refractivity (Wildman–Crippen MR) is 71.5 cm³/mol. The van der Waals surface area contributed by atoms with E-state index in [-0.39, 0.29) is 0 Å². The minimum atomic E-state index is 0.746. The zero-order chi connectivity index (χ0) is 11.1. The molecule has 16 heavy (non-hydrogen) atoms. The molecule has 0 spiro atoms. The second kappa shape index (κ2) is 3.65. The molecular weight excluding hydrogens is 239 g/mol. The maximum Gasteiger partial charge on any atom is 0.0491 e. The lowest BCUT2D eigenvalue weighted by Gasteiger charge is -2.07. The summed E-state index contributed by atoms with van der Waals surface area (Å²) in [5.74, 6) is 0. The highest BCUT2D eigenvalue weighted by Crippen LogP contribution is 2.35. The molecule has 3 aromatic rings. The van der Waals surface area contributed by atoms with Crippen LogP contribution in [0.2, 0.25) is 10.0 Å². The van der Waals surface area contributed by atoms with Gasteiger partial charge in [-0.05, 0) is 22.9 Å². The van der Waals surface area contributed by atoms with Crippen LogP contribution in [0, 0.1) is 0 Å². The average molecular weight is 247 g/mol. The highest BCUT2D eigenvalue weighted by molar-refractivity contribution is 6.42. The lowest BCUT2D eigenvalue weighted by atomic mass is 10.0. The van der Waals surface area contributed by atoms with E-state index in [2.05, 4.69) is 6.07 Å². The molecule has 3 aromatic carbocycles. The van der Waals surface area contributed by atoms with E-state index >= 15 is 0 Å². The van der Waals surface area contributed by atoms with Gasteiger partial charge in [0.05, 0.1) is 0 Å². The Labute approximate surface area is 103 Å². The van der Waals surface area contributed by atoms with Crippen LogP contribution in [0.25, 0.3) is 21.5 Å². The lowest BCUT2D eigenvalue weighted by molar-refractivity contribution is 1.76. The molecule has 0 saturated carbocycles. The highest BCUT2D eigenvalue weighted by atomic mass is 35.5. The molecular formula is C14H8Cl2. The van der Waals surface area contributed by atoms with Gasteiger partial charge < -0.3 is 0 Å². The smallest absolute Gasteiger partial charge is 0.0491 e. The molecule has 0 atom stereocenters. The van der Waals surface area contributed by atoms with E-state index in [0.717, 1.165) is 31.6 Å². The first-order valence-corrected chi connectivity index (χ1v) is 5.78. The second-order valence-electron chi connectivity index (χ2n) is 3.74. The van der Waals surface area contributed by atoms with Crippen molar-refractivity contribution in [2.24, 2.45) is 0 Å². The number of rotatable bonds is 0. The Hall–Kier alpha value is -1.24. The van der Waals surface area contributed by atoms with Gasteiger partial charge in [0.25, 0.3) is 0 Å². The summed E-state index contributed by atoms with van der Waals surface area (Å²) in [5, 5.41) is 5.80. The number of hydrogen-bond donors (Lipinski definition) is 0. The summed E-state index contributed by atoms with van der Waals surface area (Å²) in [5.41, 5.74) is 0. The molecule has 0 aliphatic rings. The SMILES string of the molecule is Clc1cc2ccccc2c2c(Cl)cccc12. The van der Waals surface area contributed by atoms with Gasteiger partial charge in [-0.1, -0.05) is 59.6 Å². The monoisotopic (exact) mass is 246 g/mol. The van der Waals surface area contributed by atoms with Crippen LogP contribution in [0.15, 0.2) is 48.5 Å². The molecule has 3 rings (SSSR count). The highest BCUT2D eigenvalue weighted by Gasteiger charge is 2.07. The van der Waals surface area contributed by atoms with Crippen molar-refractivity contribution in [3.05, 3.63) is 58.6 Å². The van der Waals surface area contributed by atoms with Crippen molar-refractivity contribution < 1.29 is 0 Å². The minimum absolute atomic E-state index is 0.746. The van der Waals surface area contributed by atoms with Crippen molar-refractivity contribution >= 4 is 44.7 Å². The van der Waals surface area contributed by atoms with E-state index < -0.39 is 0 Å². The van der Waals surface area contributed by atoms with E-state index in [4.69, 9.17) is 23.2 Å². The van der Waals surface area contributed by atoms with Gasteiger partial charge in [0.1, 0.15) is 0 Å². The molecule has 0 aliphatic heterocycles. The third-order valence-corrected chi connectivity index (χ3v) is 3.41. The molecule has 0 radical (unpaired) electrons. The van der Waals surface area contributed by atoms with Gasteiger partial charge in [-0.15, -0.1) is 0 Å². The Morgan fingerprint density at radius 1 is 0.688 bits per heavy atom. The number of hydrogen-bond acceptors (Lipinski definition) is 0. The summed E-state index contributed by atoms with van der Waals surface area (Å²) in [6.45, 7) is 0. The first kappa shape index (κ1) is 9.95.